The number of fused-ring (bicyclic) bond motifs is 3. The molecule has 0 spiro atoms. The number of hydrogen-bond donors (Lipinski definition) is 2. The lowest BCUT2D eigenvalue weighted by Gasteiger charge is -2.23. The molecular weight excluding hydrogens is 358 g/mol. The molecule has 0 bridgehead atoms. The molecule has 1 amide bonds. The summed E-state index contributed by atoms with van der Waals surface area (Å²) in [4.78, 5) is 12.5. The number of phenols is 1. The Morgan fingerprint density at radius 1 is 1.12 bits per heavy atom. The molecule has 8 heteroatoms. The maximum absolute atomic E-state index is 12.8. The van der Waals surface area contributed by atoms with Gasteiger partial charge in [-0.15, -0.1) is 0 Å². The van der Waals surface area contributed by atoms with Crippen molar-refractivity contribution in [2.75, 3.05) is 6.54 Å². The van der Waals surface area contributed by atoms with Crippen molar-refractivity contribution in [3.05, 3.63) is 53.8 Å². The van der Waals surface area contributed by atoms with Crippen LogP contribution in [0, 0.1) is 0 Å². The fourth-order valence-electron chi connectivity index (χ4n) is 3.19. The molecule has 0 aliphatic carbocycles. The summed E-state index contributed by atoms with van der Waals surface area (Å²) in [5.74, 6) is 0.287. The summed E-state index contributed by atoms with van der Waals surface area (Å²) < 4.78 is 31.4. The summed E-state index contributed by atoms with van der Waals surface area (Å²) >= 11 is 0. The van der Waals surface area contributed by atoms with Gasteiger partial charge in [0.05, 0.1) is 16.3 Å². The van der Waals surface area contributed by atoms with Crippen LogP contribution in [0.15, 0.2) is 56.7 Å². The van der Waals surface area contributed by atoms with Gasteiger partial charge in [-0.05, 0) is 18.2 Å². The van der Waals surface area contributed by atoms with Crippen LogP contribution in [0.2, 0.25) is 0 Å². The topological polar surface area (TPSA) is 108 Å². The van der Waals surface area contributed by atoms with E-state index in [-0.39, 0.29) is 34.2 Å². The third-order valence-corrected chi connectivity index (χ3v) is 6.27. The molecule has 4 rings (SSSR count). The van der Waals surface area contributed by atoms with Crippen LogP contribution in [-0.4, -0.2) is 36.2 Å². The van der Waals surface area contributed by atoms with Gasteiger partial charge >= 0.3 is 6.09 Å². The van der Waals surface area contributed by atoms with Gasteiger partial charge in [0.2, 0.25) is 9.84 Å². The van der Waals surface area contributed by atoms with Crippen LogP contribution in [0.1, 0.15) is 11.3 Å². The van der Waals surface area contributed by atoms with Crippen LogP contribution in [-0.2, 0) is 22.8 Å². The van der Waals surface area contributed by atoms with Crippen LogP contribution in [0.3, 0.4) is 0 Å². The highest BCUT2D eigenvalue weighted by atomic mass is 32.2. The molecule has 0 unspecified atom stereocenters. The predicted molar refractivity (Wildman–Crippen MR) is 91.9 cm³/mol. The Morgan fingerprint density at radius 3 is 2.54 bits per heavy atom. The first-order chi connectivity index (χ1) is 12.4. The maximum Gasteiger partial charge on any atom is 0.407 e. The molecule has 134 valence electrons. The SMILES string of the molecule is O=C(O)N1CCc2oc3c(O)cc(S(=O)(=O)c4ccccc4)cc3c2C1. The molecule has 0 fully saturated rings. The van der Waals surface area contributed by atoms with E-state index in [1.807, 2.05) is 0 Å². The van der Waals surface area contributed by atoms with Crippen molar-refractivity contribution >= 4 is 26.9 Å². The van der Waals surface area contributed by atoms with Gasteiger partial charge in [-0.25, -0.2) is 13.2 Å². The Kier molecular flexibility index (Phi) is 3.66. The zero-order valence-electron chi connectivity index (χ0n) is 13.5. The zero-order chi connectivity index (χ0) is 18.5. The average Bonchev–Trinajstić information content (AvgIpc) is 3.01. The van der Waals surface area contributed by atoms with Crippen LogP contribution in [0.4, 0.5) is 4.79 Å². The molecule has 1 aliphatic heterocycles. The summed E-state index contributed by atoms with van der Waals surface area (Å²) in [6, 6.07) is 10.5. The van der Waals surface area contributed by atoms with Crippen molar-refractivity contribution in [2.24, 2.45) is 0 Å². The Morgan fingerprint density at radius 2 is 1.85 bits per heavy atom. The van der Waals surface area contributed by atoms with E-state index in [4.69, 9.17) is 4.42 Å². The number of hydrogen-bond acceptors (Lipinski definition) is 5. The van der Waals surface area contributed by atoms with E-state index in [2.05, 4.69) is 0 Å². The van der Waals surface area contributed by atoms with Gasteiger partial charge < -0.3 is 19.5 Å². The average molecular weight is 373 g/mol. The van der Waals surface area contributed by atoms with E-state index >= 15 is 0 Å². The minimum absolute atomic E-state index is 0.0650. The third kappa shape index (κ3) is 2.50. The molecule has 0 radical (unpaired) electrons. The predicted octanol–water partition coefficient (Wildman–Crippen LogP) is 3.01. The monoisotopic (exact) mass is 373 g/mol. The van der Waals surface area contributed by atoms with Crippen molar-refractivity contribution in [1.82, 2.24) is 4.90 Å². The summed E-state index contributed by atoms with van der Waals surface area (Å²) in [5.41, 5.74) is 0.767. The van der Waals surface area contributed by atoms with Gasteiger partial charge in [0.15, 0.2) is 11.3 Å². The summed E-state index contributed by atoms with van der Waals surface area (Å²) in [7, 11) is -3.82. The summed E-state index contributed by atoms with van der Waals surface area (Å²) in [6.45, 7) is 0.379. The lowest BCUT2D eigenvalue weighted by molar-refractivity contribution is 0.138. The number of aromatic hydroxyl groups is 1. The molecule has 1 aromatic heterocycles. The van der Waals surface area contributed by atoms with Crippen LogP contribution >= 0.6 is 0 Å². The highest BCUT2D eigenvalue weighted by Crippen LogP contribution is 2.38. The first-order valence-corrected chi connectivity index (χ1v) is 9.41. The van der Waals surface area contributed by atoms with Crippen molar-refractivity contribution in [1.29, 1.82) is 0 Å². The quantitative estimate of drug-likeness (QED) is 0.715. The van der Waals surface area contributed by atoms with Crippen LogP contribution in [0.25, 0.3) is 11.0 Å². The van der Waals surface area contributed by atoms with Crippen molar-refractivity contribution < 1.29 is 27.8 Å². The van der Waals surface area contributed by atoms with Gasteiger partial charge in [0.1, 0.15) is 5.76 Å². The molecule has 0 atom stereocenters. The molecule has 2 aromatic carbocycles. The molecule has 2 heterocycles. The first kappa shape index (κ1) is 16.5. The number of phenolic OH excluding ortho intramolecular Hbond substituents is 1. The number of rotatable bonds is 2. The number of carbonyl (C=O) groups is 1. The summed E-state index contributed by atoms with van der Waals surface area (Å²) in [6.07, 6.45) is -0.682. The van der Waals surface area contributed by atoms with E-state index in [1.54, 1.807) is 18.2 Å². The van der Waals surface area contributed by atoms with Crippen molar-refractivity contribution in [2.45, 2.75) is 22.8 Å². The highest BCUT2D eigenvalue weighted by Gasteiger charge is 2.28. The van der Waals surface area contributed by atoms with Gasteiger partial charge in [-0.2, -0.15) is 0 Å². The van der Waals surface area contributed by atoms with Gasteiger partial charge in [-0.3, -0.25) is 0 Å². The normalized spacial score (nSPS) is 14.4. The van der Waals surface area contributed by atoms with E-state index in [1.165, 1.54) is 23.1 Å². The van der Waals surface area contributed by atoms with E-state index in [9.17, 15) is 23.4 Å². The second-order valence-corrected chi connectivity index (χ2v) is 8.04. The number of furan rings is 1. The van der Waals surface area contributed by atoms with E-state index in [0.29, 0.717) is 23.1 Å². The number of benzene rings is 2. The zero-order valence-corrected chi connectivity index (χ0v) is 14.4. The second kappa shape index (κ2) is 5.77. The fourth-order valence-corrected chi connectivity index (χ4v) is 4.52. The maximum atomic E-state index is 12.8. The standard InChI is InChI=1S/C18H15NO6S/c20-15-9-12(26(23,24)11-4-2-1-3-5-11)8-13-14-10-19(18(21)22)7-6-16(14)25-17(13)15/h1-5,8-9,20H,6-7,10H2,(H,21,22). The van der Waals surface area contributed by atoms with Crippen LogP contribution in [0.5, 0.6) is 5.75 Å². The Balaban J connectivity index is 1.89. The number of carboxylic acid groups (broad SMARTS) is 1. The molecule has 26 heavy (non-hydrogen) atoms. The molecule has 3 aromatic rings. The molecular formula is C18H15NO6S. The summed E-state index contributed by atoms with van der Waals surface area (Å²) in [5, 5.41) is 19.9. The highest BCUT2D eigenvalue weighted by molar-refractivity contribution is 7.91. The molecule has 2 N–H and O–H groups in total. The molecule has 0 saturated heterocycles. The van der Waals surface area contributed by atoms with Crippen LogP contribution < -0.4 is 0 Å². The molecule has 0 saturated carbocycles. The lowest BCUT2D eigenvalue weighted by Crippen LogP contribution is -2.34. The van der Waals surface area contributed by atoms with Gasteiger partial charge in [0, 0.05) is 30.0 Å². The third-order valence-electron chi connectivity index (χ3n) is 4.52. The smallest absolute Gasteiger partial charge is 0.407 e. The Hall–Kier alpha value is -3.00. The van der Waals surface area contributed by atoms with Gasteiger partial charge in [0.25, 0.3) is 0 Å². The second-order valence-electron chi connectivity index (χ2n) is 6.09. The molecule has 1 aliphatic rings. The van der Waals surface area contributed by atoms with Crippen molar-refractivity contribution in [3.63, 3.8) is 0 Å². The van der Waals surface area contributed by atoms with E-state index < -0.39 is 15.9 Å². The lowest BCUT2D eigenvalue weighted by atomic mass is 10.0. The van der Waals surface area contributed by atoms with E-state index in [0.717, 1.165) is 6.07 Å². The first-order valence-electron chi connectivity index (χ1n) is 7.93. The minimum atomic E-state index is -3.82. The molecule has 7 nitrogen and oxygen atoms in total. The Labute approximate surface area is 149 Å². The largest absolute Gasteiger partial charge is 0.504 e. The minimum Gasteiger partial charge on any atom is -0.504 e. The Bertz CT molecular complexity index is 1120. The number of sulfone groups is 1. The number of amides is 1. The fraction of sp³-hybridized carbons (Fsp3) is 0.167. The number of nitrogens with zero attached hydrogens (tertiary/aromatic N) is 1. The van der Waals surface area contributed by atoms with Gasteiger partial charge in [-0.1, -0.05) is 18.2 Å². The van der Waals surface area contributed by atoms with Crippen molar-refractivity contribution in [3.8, 4) is 5.75 Å².